The summed E-state index contributed by atoms with van der Waals surface area (Å²) < 4.78 is 23.2. The van der Waals surface area contributed by atoms with E-state index < -0.39 is 0 Å². The van der Waals surface area contributed by atoms with Gasteiger partial charge in [0.15, 0.2) is 11.5 Å². The van der Waals surface area contributed by atoms with Crippen molar-refractivity contribution >= 4 is 34.0 Å². The lowest BCUT2D eigenvalue weighted by Gasteiger charge is -2.29. The zero-order valence-electron chi connectivity index (χ0n) is 20.4. The Hall–Kier alpha value is -3.75. The maximum Gasteiger partial charge on any atom is 0.231 e. The summed E-state index contributed by atoms with van der Waals surface area (Å²) in [5.41, 5.74) is 2.57. The number of nitrogens with one attached hydrogen (secondary N) is 1. The highest BCUT2D eigenvalue weighted by Crippen LogP contribution is 2.36. The van der Waals surface area contributed by atoms with Crippen molar-refractivity contribution in [1.29, 1.82) is 0 Å². The first-order valence-corrected chi connectivity index (χ1v) is 12.7. The summed E-state index contributed by atoms with van der Waals surface area (Å²) in [5, 5.41) is 4.73. The van der Waals surface area contributed by atoms with Crippen LogP contribution in [0.2, 0.25) is 5.02 Å². The van der Waals surface area contributed by atoms with Gasteiger partial charge in [-0.2, -0.15) is 0 Å². The molecule has 9 heteroatoms. The SMILES string of the molecule is CN1CCC(Oc2cccc3ncnc(Nc4ccc(OCc5ccc6c(c5)OCO6)c(Cl)c4)c23)CC1. The molecule has 0 unspecified atom stereocenters. The van der Waals surface area contributed by atoms with Gasteiger partial charge in [0.1, 0.15) is 36.4 Å². The number of benzene rings is 3. The topological polar surface area (TPSA) is 78.0 Å². The molecule has 0 saturated carbocycles. The van der Waals surface area contributed by atoms with Gasteiger partial charge in [0.25, 0.3) is 0 Å². The van der Waals surface area contributed by atoms with E-state index in [2.05, 4.69) is 27.2 Å². The Kier molecular flexibility index (Phi) is 6.59. The molecule has 0 spiro atoms. The lowest BCUT2D eigenvalue weighted by atomic mass is 10.1. The van der Waals surface area contributed by atoms with E-state index in [0.29, 0.717) is 23.2 Å². The summed E-state index contributed by atoms with van der Waals surface area (Å²) in [6, 6.07) is 17.2. The molecule has 0 radical (unpaired) electrons. The number of hydrogen-bond acceptors (Lipinski definition) is 8. The van der Waals surface area contributed by atoms with Crippen molar-refractivity contribution in [3.63, 3.8) is 0 Å². The molecule has 4 aromatic rings. The molecule has 3 heterocycles. The highest BCUT2D eigenvalue weighted by Gasteiger charge is 2.20. The average molecular weight is 519 g/mol. The van der Waals surface area contributed by atoms with Crippen LogP contribution in [0.4, 0.5) is 11.5 Å². The molecule has 3 aromatic carbocycles. The van der Waals surface area contributed by atoms with Crippen LogP contribution in [-0.4, -0.2) is 47.9 Å². The van der Waals surface area contributed by atoms with E-state index in [1.165, 1.54) is 0 Å². The van der Waals surface area contributed by atoms with Crippen molar-refractivity contribution < 1.29 is 18.9 Å². The van der Waals surface area contributed by atoms with Crippen molar-refractivity contribution in [3.8, 4) is 23.0 Å². The van der Waals surface area contributed by atoms with Crippen molar-refractivity contribution in [2.45, 2.75) is 25.6 Å². The summed E-state index contributed by atoms with van der Waals surface area (Å²) >= 11 is 6.57. The minimum absolute atomic E-state index is 0.172. The summed E-state index contributed by atoms with van der Waals surface area (Å²) in [6.45, 7) is 2.65. The average Bonchev–Trinajstić information content (AvgIpc) is 3.38. The number of fused-ring (bicyclic) bond motifs is 2. The molecule has 2 aliphatic rings. The van der Waals surface area contributed by atoms with Crippen LogP contribution in [0.15, 0.2) is 60.9 Å². The van der Waals surface area contributed by atoms with Gasteiger partial charge in [0, 0.05) is 18.8 Å². The number of rotatable bonds is 7. The third kappa shape index (κ3) is 5.21. The molecular weight excluding hydrogens is 492 g/mol. The van der Waals surface area contributed by atoms with Gasteiger partial charge in [0.2, 0.25) is 6.79 Å². The molecule has 0 aliphatic carbocycles. The summed E-state index contributed by atoms with van der Waals surface area (Å²) in [5.74, 6) is 3.50. The minimum atomic E-state index is 0.172. The fourth-order valence-electron chi connectivity index (χ4n) is 4.58. The molecule has 37 heavy (non-hydrogen) atoms. The predicted octanol–water partition coefficient (Wildman–Crippen LogP) is 5.81. The monoisotopic (exact) mass is 518 g/mol. The molecule has 190 valence electrons. The number of piperidine rings is 1. The van der Waals surface area contributed by atoms with Crippen LogP contribution in [0.5, 0.6) is 23.0 Å². The van der Waals surface area contributed by atoms with E-state index in [4.69, 9.17) is 30.5 Å². The van der Waals surface area contributed by atoms with E-state index in [0.717, 1.165) is 65.3 Å². The Bertz CT molecular complexity index is 1420. The van der Waals surface area contributed by atoms with Gasteiger partial charge in [-0.25, -0.2) is 9.97 Å². The lowest BCUT2D eigenvalue weighted by molar-refractivity contribution is 0.116. The molecule has 1 aromatic heterocycles. The summed E-state index contributed by atoms with van der Waals surface area (Å²) in [4.78, 5) is 11.3. The van der Waals surface area contributed by atoms with Crippen molar-refractivity contribution in [1.82, 2.24) is 14.9 Å². The molecule has 6 rings (SSSR count). The van der Waals surface area contributed by atoms with Gasteiger partial charge in [-0.15, -0.1) is 0 Å². The molecule has 8 nitrogen and oxygen atoms in total. The van der Waals surface area contributed by atoms with Gasteiger partial charge in [-0.05, 0) is 67.9 Å². The van der Waals surface area contributed by atoms with Crippen molar-refractivity contribution in [3.05, 3.63) is 71.5 Å². The molecule has 2 aliphatic heterocycles. The Balaban J connectivity index is 1.18. The summed E-state index contributed by atoms with van der Waals surface area (Å²) in [6.07, 6.45) is 3.71. The number of ether oxygens (including phenoxy) is 4. The first-order valence-electron chi connectivity index (χ1n) is 12.3. The van der Waals surface area contributed by atoms with E-state index in [1.54, 1.807) is 6.33 Å². The number of likely N-dealkylation sites (tertiary alicyclic amines) is 1. The Morgan fingerprint density at radius 3 is 2.73 bits per heavy atom. The van der Waals surface area contributed by atoms with Crippen LogP contribution in [0.25, 0.3) is 10.9 Å². The van der Waals surface area contributed by atoms with Crippen LogP contribution in [0.3, 0.4) is 0 Å². The zero-order chi connectivity index (χ0) is 25.2. The maximum absolute atomic E-state index is 6.57. The highest BCUT2D eigenvalue weighted by atomic mass is 35.5. The second-order valence-corrected chi connectivity index (χ2v) is 9.65. The van der Waals surface area contributed by atoms with Gasteiger partial charge in [-0.3, -0.25) is 0 Å². The molecular formula is C28H27ClN4O4. The van der Waals surface area contributed by atoms with Gasteiger partial charge >= 0.3 is 0 Å². The van der Waals surface area contributed by atoms with E-state index in [9.17, 15) is 0 Å². The Labute approximate surface area is 220 Å². The fourth-order valence-corrected chi connectivity index (χ4v) is 4.81. The van der Waals surface area contributed by atoms with E-state index in [-0.39, 0.29) is 12.9 Å². The molecule has 1 saturated heterocycles. The first kappa shape index (κ1) is 23.6. The summed E-state index contributed by atoms with van der Waals surface area (Å²) in [7, 11) is 2.14. The number of halogens is 1. The van der Waals surface area contributed by atoms with Crippen LogP contribution in [-0.2, 0) is 6.61 Å². The quantitative estimate of drug-likeness (QED) is 0.328. The second-order valence-electron chi connectivity index (χ2n) is 9.24. The van der Waals surface area contributed by atoms with Crippen molar-refractivity contribution in [2.75, 3.05) is 32.2 Å². The standard InChI is InChI=1S/C28H27ClN4O4/c1-33-11-9-20(10-12-33)37-25-4-2-3-22-27(25)28(31-16-30-22)32-19-6-8-23(21(29)14-19)34-15-18-5-7-24-26(13-18)36-17-35-24/h2-8,13-14,16,20H,9-12,15,17H2,1H3,(H,30,31,32). The van der Waals surface area contributed by atoms with Crippen molar-refractivity contribution in [2.24, 2.45) is 0 Å². The number of nitrogens with zero attached hydrogens (tertiary/aromatic N) is 3. The molecule has 0 atom stereocenters. The number of anilines is 2. The Morgan fingerprint density at radius 1 is 1.00 bits per heavy atom. The largest absolute Gasteiger partial charge is 0.489 e. The molecule has 0 amide bonds. The van der Waals surface area contributed by atoms with Crippen LogP contribution in [0, 0.1) is 0 Å². The van der Waals surface area contributed by atoms with Crippen LogP contribution >= 0.6 is 11.6 Å². The smallest absolute Gasteiger partial charge is 0.231 e. The maximum atomic E-state index is 6.57. The molecule has 1 N–H and O–H groups in total. The van der Waals surface area contributed by atoms with Gasteiger partial charge < -0.3 is 29.2 Å². The third-order valence-corrected chi connectivity index (χ3v) is 6.91. The second kappa shape index (κ2) is 10.3. The lowest BCUT2D eigenvalue weighted by Crippen LogP contribution is -2.35. The fraction of sp³-hybridized carbons (Fsp3) is 0.286. The normalized spacial score (nSPS) is 15.6. The predicted molar refractivity (Wildman–Crippen MR) is 142 cm³/mol. The van der Waals surface area contributed by atoms with Crippen LogP contribution < -0.4 is 24.3 Å². The minimum Gasteiger partial charge on any atom is -0.489 e. The third-order valence-electron chi connectivity index (χ3n) is 6.61. The Morgan fingerprint density at radius 2 is 1.86 bits per heavy atom. The van der Waals surface area contributed by atoms with E-state index >= 15 is 0 Å². The molecule has 1 fully saturated rings. The molecule has 0 bridgehead atoms. The van der Waals surface area contributed by atoms with Gasteiger partial charge in [0.05, 0.1) is 15.9 Å². The van der Waals surface area contributed by atoms with Gasteiger partial charge in [-0.1, -0.05) is 23.7 Å². The van der Waals surface area contributed by atoms with Crippen LogP contribution in [0.1, 0.15) is 18.4 Å². The zero-order valence-corrected chi connectivity index (χ0v) is 21.2. The number of aromatic nitrogens is 2. The first-order chi connectivity index (χ1) is 18.1. The highest BCUT2D eigenvalue weighted by molar-refractivity contribution is 6.32. The van der Waals surface area contributed by atoms with E-state index in [1.807, 2.05) is 54.6 Å². The number of hydrogen-bond donors (Lipinski definition) is 1.